The van der Waals surface area contributed by atoms with E-state index in [1.807, 2.05) is 6.92 Å². The van der Waals surface area contributed by atoms with E-state index in [0.29, 0.717) is 40.4 Å². The van der Waals surface area contributed by atoms with E-state index >= 15 is 0 Å². The first kappa shape index (κ1) is 18.6. The predicted molar refractivity (Wildman–Crippen MR) is 110 cm³/mol. The largest absolute Gasteiger partial charge is 0.367 e. The first-order valence-corrected chi connectivity index (χ1v) is 10.2. The van der Waals surface area contributed by atoms with Crippen molar-refractivity contribution < 1.29 is 14.4 Å². The molecule has 2 aromatic heterocycles. The molecule has 1 atom stereocenters. The zero-order chi connectivity index (χ0) is 20.8. The first-order chi connectivity index (χ1) is 14.5. The zero-order valence-electron chi connectivity index (χ0n) is 16.6. The average Bonchev–Trinajstić information content (AvgIpc) is 3.60. The summed E-state index contributed by atoms with van der Waals surface area (Å²) in [5.41, 5.74) is 1.46. The van der Waals surface area contributed by atoms with E-state index in [2.05, 4.69) is 31.3 Å². The minimum Gasteiger partial charge on any atom is -0.367 e. The van der Waals surface area contributed by atoms with Gasteiger partial charge in [-0.3, -0.25) is 20.2 Å². The molecule has 0 radical (unpaired) electrons. The Morgan fingerprint density at radius 3 is 2.77 bits per heavy atom. The van der Waals surface area contributed by atoms with Crippen molar-refractivity contribution in [2.24, 2.45) is 5.92 Å². The number of imide groups is 1. The summed E-state index contributed by atoms with van der Waals surface area (Å²) in [5, 5.41) is 15.8. The highest BCUT2D eigenvalue weighted by atomic mass is 16.2. The molecule has 3 aliphatic rings. The number of amides is 4. The van der Waals surface area contributed by atoms with Gasteiger partial charge in [-0.05, 0) is 44.6 Å². The molecule has 0 aromatic carbocycles. The van der Waals surface area contributed by atoms with Crippen molar-refractivity contribution in [1.82, 2.24) is 25.2 Å². The Morgan fingerprint density at radius 1 is 1.30 bits per heavy atom. The van der Waals surface area contributed by atoms with Crippen LogP contribution in [0.2, 0.25) is 0 Å². The number of urea groups is 1. The van der Waals surface area contributed by atoms with Crippen molar-refractivity contribution in [1.29, 1.82) is 0 Å². The summed E-state index contributed by atoms with van der Waals surface area (Å²) >= 11 is 0. The molecule has 2 aromatic rings. The van der Waals surface area contributed by atoms with Gasteiger partial charge in [-0.15, -0.1) is 0 Å². The second kappa shape index (κ2) is 7.12. The Hall–Kier alpha value is -3.43. The Kier molecular flexibility index (Phi) is 4.41. The van der Waals surface area contributed by atoms with Crippen LogP contribution in [0.3, 0.4) is 0 Å². The minimum absolute atomic E-state index is 0.0305. The Balaban J connectivity index is 1.46. The van der Waals surface area contributed by atoms with Crippen LogP contribution in [0.25, 0.3) is 11.7 Å². The molecule has 2 saturated carbocycles. The molecule has 1 aliphatic heterocycles. The molecule has 4 N–H and O–H groups in total. The molecule has 0 spiro atoms. The summed E-state index contributed by atoms with van der Waals surface area (Å²) < 4.78 is 1.65. The standard InChI is InChI=1S/C20H23N7O3/c1-10(11-2-3-11)22-20(30)25-15-8-16(23-14-4-5-14)27-18(24-15)13(9-21-27)6-12-7-17(28)26-19(12)29/h6,8-11,14,23H,2-5,7H2,1H3,(H,26,28,29)(H2,22,24,25,30)/b12-6+/t10-/m1/s1. The molecule has 0 bridgehead atoms. The van der Waals surface area contributed by atoms with Crippen LogP contribution in [-0.4, -0.2) is 44.5 Å². The Morgan fingerprint density at radius 2 is 2.10 bits per heavy atom. The van der Waals surface area contributed by atoms with Crippen LogP contribution in [0.1, 0.15) is 44.6 Å². The third kappa shape index (κ3) is 3.85. The van der Waals surface area contributed by atoms with E-state index in [1.165, 1.54) is 0 Å². The Bertz CT molecular complexity index is 1080. The Labute approximate surface area is 172 Å². The first-order valence-electron chi connectivity index (χ1n) is 10.2. The third-order valence-electron chi connectivity index (χ3n) is 5.58. The van der Waals surface area contributed by atoms with Crippen LogP contribution in [0, 0.1) is 5.92 Å². The van der Waals surface area contributed by atoms with Crippen molar-refractivity contribution in [2.45, 2.75) is 51.1 Å². The van der Waals surface area contributed by atoms with Crippen LogP contribution >= 0.6 is 0 Å². The monoisotopic (exact) mass is 409 g/mol. The number of anilines is 2. The topological polar surface area (TPSA) is 130 Å². The lowest BCUT2D eigenvalue weighted by Gasteiger charge is -2.14. The van der Waals surface area contributed by atoms with Gasteiger partial charge in [0.05, 0.1) is 12.6 Å². The molecule has 10 nitrogen and oxygen atoms in total. The second-order valence-corrected chi connectivity index (χ2v) is 8.23. The summed E-state index contributed by atoms with van der Waals surface area (Å²) in [7, 11) is 0. The fourth-order valence-corrected chi connectivity index (χ4v) is 3.57. The average molecular weight is 409 g/mol. The lowest BCUT2D eigenvalue weighted by Crippen LogP contribution is -2.37. The molecule has 10 heteroatoms. The predicted octanol–water partition coefficient (Wildman–Crippen LogP) is 1.65. The molecule has 156 valence electrons. The van der Waals surface area contributed by atoms with E-state index in [4.69, 9.17) is 0 Å². The molecule has 5 rings (SSSR count). The fourth-order valence-electron chi connectivity index (χ4n) is 3.57. The van der Waals surface area contributed by atoms with Gasteiger partial charge in [0.25, 0.3) is 5.91 Å². The molecule has 30 heavy (non-hydrogen) atoms. The quantitative estimate of drug-likeness (QED) is 0.424. The molecule has 1 saturated heterocycles. The highest BCUT2D eigenvalue weighted by Gasteiger charge is 2.29. The number of nitrogens with zero attached hydrogens (tertiary/aromatic N) is 3. The van der Waals surface area contributed by atoms with Crippen LogP contribution in [-0.2, 0) is 9.59 Å². The highest BCUT2D eigenvalue weighted by Crippen LogP contribution is 2.32. The minimum atomic E-state index is -0.404. The van der Waals surface area contributed by atoms with Gasteiger partial charge in [-0.25, -0.2) is 9.78 Å². The summed E-state index contributed by atoms with van der Waals surface area (Å²) in [6.07, 6.45) is 7.69. The summed E-state index contributed by atoms with van der Waals surface area (Å²) in [6.45, 7) is 2.00. The van der Waals surface area contributed by atoms with Crippen molar-refractivity contribution in [3.05, 3.63) is 23.4 Å². The number of hydrogen-bond acceptors (Lipinski definition) is 6. The van der Waals surface area contributed by atoms with E-state index in [0.717, 1.165) is 25.7 Å². The van der Waals surface area contributed by atoms with Crippen LogP contribution in [0.15, 0.2) is 17.8 Å². The molecular weight excluding hydrogens is 386 g/mol. The van der Waals surface area contributed by atoms with Gasteiger partial charge in [0.15, 0.2) is 5.65 Å². The van der Waals surface area contributed by atoms with Gasteiger partial charge >= 0.3 is 6.03 Å². The van der Waals surface area contributed by atoms with Crippen molar-refractivity contribution >= 4 is 41.2 Å². The van der Waals surface area contributed by atoms with Gasteiger partial charge in [0.1, 0.15) is 11.6 Å². The normalized spacial score (nSPS) is 21.0. The lowest BCUT2D eigenvalue weighted by molar-refractivity contribution is -0.124. The lowest BCUT2D eigenvalue weighted by atomic mass is 10.1. The molecule has 0 unspecified atom stereocenters. The van der Waals surface area contributed by atoms with Crippen molar-refractivity contribution in [3.8, 4) is 0 Å². The third-order valence-corrected chi connectivity index (χ3v) is 5.58. The number of aromatic nitrogens is 3. The molecular formula is C20H23N7O3. The maximum absolute atomic E-state index is 12.4. The highest BCUT2D eigenvalue weighted by molar-refractivity contribution is 6.15. The van der Waals surface area contributed by atoms with Gasteiger partial charge < -0.3 is 10.6 Å². The number of carbonyl (C=O) groups is 3. The van der Waals surface area contributed by atoms with E-state index in [1.54, 1.807) is 22.9 Å². The molecule has 3 heterocycles. The van der Waals surface area contributed by atoms with Crippen molar-refractivity contribution in [2.75, 3.05) is 10.6 Å². The van der Waals surface area contributed by atoms with Crippen LogP contribution in [0.5, 0.6) is 0 Å². The van der Waals surface area contributed by atoms with Gasteiger partial charge in [0.2, 0.25) is 5.91 Å². The number of carbonyl (C=O) groups excluding carboxylic acids is 3. The molecule has 4 amide bonds. The summed E-state index contributed by atoms with van der Waals surface area (Å²) in [5.74, 6) is 0.920. The van der Waals surface area contributed by atoms with E-state index < -0.39 is 5.91 Å². The SMILES string of the molecule is C[C@@H](NC(=O)Nc1cc(NC2CC2)n2ncc(/C=C3\CC(=O)NC3=O)c2n1)C1CC1. The van der Waals surface area contributed by atoms with Crippen LogP contribution < -0.4 is 21.3 Å². The fraction of sp³-hybridized carbons (Fsp3) is 0.450. The second-order valence-electron chi connectivity index (χ2n) is 8.23. The van der Waals surface area contributed by atoms with Gasteiger partial charge in [-0.2, -0.15) is 9.61 Å². The number of fused-ring (bicyclic) bond motifs is 1. The maximum atomic E-state index is 12.4. The van der Waals surface area contributed by atoms with Gasteiger partial charge in [-0.1, -0.05) is 0 Å². The summed E-state index contributed by atoms with van der Waals surface area (Å²) in [6, 6.07) is 1.94. The maximum Gasteiger partial charge on any atom is 0.320 e. The van der Waals surface area contributed by atoms with Gasteiger partial charge in [0, 0.05) is 29.3 Å². The smallest absolute Gasteiger partial charge is 0.320 e. The van der Waals surface area contributed by atoms with Crippen LogP contribution in [0.4, 0.5) is 16.4 Å². The molecule has 2 aliphatic carbocycles. The zero-order valence-corrected chi connectivity index (χ0v) is 16.6. The van der Waals surface area contributed by atoms with E-state index in [-0.39, 0.29) is 24.4 Å². The van der Waals surface area contributed by atoms with E-state index in [9.17, 15) is 14.4 Å². The summed E-state index contributed by atoms with van der Waals surface area (Å²) in [4.78, 5) is 40.4. The number of nitrogens with one attached hydrogen (secondary N) is 4. The molecule has 3 fully saturated rings. The number of hydrogen-bond donors (Lipinski definition) is 4. The van der Waals surface area contributed by atoms with Crippen molar-refractivity contribution in [3.63, 3.8) is 0 Å². The number of rotatable bonds is 6.